The summed E-state index contributed by atoms with van der Waals surface area (Å²) in [5.74, 6) is 0.0553. The summed E-state index contributed by atoms with van der Waals surface area (Å²) in [6, 6.07) is 4.80. The van der Waals surface area contributed by atoms with Crippen LogP contribution in [0.5, 0.6) is 0 Å². The third kappa shape index (κ3) is 4.61. The van der Waals surface area contributed by atoms with E-state index in [2.05, 4.69) is 31.6 Å². The van der Waals surface area contributed by atoms with Crippen LogP contribution in [0.1, 0.15) is 32.4 Å². The van der Waals surface area contributed by atoms with Crippen LogP contribution in [-0.4, -0.2) is 46.7 Å². The lowest BCUT2D eigenvalue weighted by molar-refractivity contribution is -0.117. The molecule has 1 fully saturated rings. The first-order valence-electron chi connectivity index (χ1n) is 9.28. The lowest BCUT2D eigenvalue weighted by atomic mass is 10.2. The highest BCUT2D eigenvalue weighted by Gasteiger charge is 2.32. The molecule has 1 aromatic heterocycles. The molecule has 1 N–H and O–H groups in total. The average molecular weight is 470 g/mol. The van der Waals surface area contributed by atoms with E-state index in [9.17, 15) is 13.2 Å². The summed E-state index contributed by atoms with van der Waals surface area (Å²) in [6.45, 7) is 5.13. The zero-order valence-electron chi connectivity index (χ0n) is 15.9. The van der Waals surface area contributed by atoms with E-state index in [-0.39, 0.29) is 17.3 Å². The van der Waals surface area contributed by atoms with Crippen LogP contribution in [0.2, 0.25) is 0 Å². The molecule has 3 rings (SSSR count). The number of carbonyl (C=O) groups excluding carboxylic acids is 1. The molecule has 1 aliphatic rings. The third-order valence-corrected chi connectivity index (χ3v) is 7.58. The Morgan fingerprint density at radius 3 is 2.86 bits per heavy atom. The normalized spacial score (nSPS) is 17.8. The van der Waals surface area contributed by atoms with Crippen LogP contribution in [0.3, 0.4) is 0 Å². The summed E-state index contributed by atoms with van der Waals surface area (Å²) in [5, 5.41) is 10.6. The number of halogens is 1. The van der Waals surface area contributed by atoms with Gasteiger partial charge in [-0.15, -0.1) is 5.10 Å². The number of amides is 1. The number of sulfonamides is 1. The molecule has 0 radical (unpaired) electrons. The van der Waals surface area contributed by atoms with Gasteiger partial charge in [0.05, 0.1) is 16.8 Å². The molecule has 0 bridgehead atoms. The molecule has 1 aliphatic heterocycles. The molecule has 0 saturated carbocycles. The van der Waals surface area contributed by atoms with Gasteiger partial charge >= 0.3 is 0 Å². The fourth-order valence-electron chi connectivity index (χ4n) is 3.23. The molecule has 8 nitrogen and oxygen atoms in total. The second-order valence-electron chi connectivity index (χ2n) is 7.08. The lowest BCUT2D eigenvalue weighted by Gasteiger charge is -2.18. The Kier molecular flexibility index (Phi) is 6.51. The quantitative estimate of drug-likeness (QED) is 0.671. The Morgan fingerprint density at radius 2 is 2.18 bits per heavy atom. The van der Waals surface area contributed by atoms with Crippen molar-refractivity contribution in [3.05, 3.63) is 34.6 Å². The predicted octanol–water partition coefficient (Wildman–Crippen LogP) is 2.66. The van der Waals surface area contributed by atoms with Crippen molar-refractivity contribution >= 4 is 37.5 Å². The maximum atomic E-state index is 13.0. The van der Waals surface area contributed by atoms with E-state index in [1.165, 1.54) is 10.4 Å². The Labute approximate surface area is 173 Å². The smallest absolute Gasteiger partial charge is 0.246 e. The topological polar surface area (TPSA) is 97.2 Å². The minimum absolute atomic E-state index is 0.0249. The van der Waals surface area contributed by atoms with Crippen molar-refractivity contribution in [2.75, 3.05) is 18.4 Å². The summed E-state index contributed by atoms with van der Waals surface area (Å²) in [6.07, 6.45) is 4.22. The monoisotopic (exact) mass is 469 g/mol. The molecular formula is C18H24BrN5O3S. The van der Waals surface area contributed by atoms with E-state index in [0.717, 1.165) is 25.0 Å². The number of hydrogen-bond acceptors (Lipinski definition) is 5. The molecule has 10 heteroatoms. The fraction of sp³-hybridized carbons (Fsp3) is 0.500. The predicted molar refractivity (Wildman–Crippen MR) is 109 cm³/mol. The zero-order valence-corrected chi connectivity index (χ0v) is 18.3. The fourth-order valence-corrected chi connectivity index (χ4v) is 5.75. The first-order valence-corrected chi connectivity index (χ1v) is 11.5. The molecule has 28 heavy (non-hydrogen) atoms. The highest BCUT2D eigenvalue weighted by Crippen LogP contribution is 2.31. The van der Waals surface area contributed by atoms with Gasteiger partial charge in [0.15, 0.2) is 0 Å². The van der Waals surface area contributed by atoms with Gasteiger partial charge in [-0.05, 0) is 52.9 Å². The molecule has 152 valence electrons. The minimum Gasteiger partial charge on any atom is -0.324 e. The van der Waals surface area contributed by atoms with Crippen LogP contribution in [0.4, 0.5) is 5.69 Å². The number of aromatic nitrogens is 3. The van der Waals surface area contributed by atoms with E-state index in [4.69, 9.17) is 0 Å². The maximum absolute atomic E-state index is 13.0. The minimum atomic E-state index is -3.62. The number of benzene rings is 1. The van der Waals surface area contributed by atoms with Crippen molar-refractivity contribution in [2.45, 2.75) is 44.6 Å². The number of nitrogens with one attached hydrogen (secondary N) is 1. The first-order chi connectivity index (χ1) is 13.3. The molecule has 1 aromatic carbocycles. The van der Waals surface area contributed by atoms with E-state index in [1.54, 1.807) is 23.0 Å². The van der Waals surface area contributed by atoms with Gasteiger partial charge < -0.3 is 5.32 Å². The highest BCUT2D eigenvalue weighted by atomic mass is 79.9. The standard InChI is InChI=1S/C18H24BrN5O3S/c1-3-4-15-10-20-22-24(15)12-18(25)21-14-5-6-16(19)17(9-14)28(26,27)23-8-7-13(2)11-23/h5-6,9-10,13H,3-4,7-8,11-12H2,1-2H3,(H,21,25)/t13-/m0/s1. The molecule has 2 heterocycles. The largest absolute Gasteiger partial charge is 0.324 e. The molecule has 1 amide bonds. The van der Waals surface area contributed by atoms with Gasteiger partial charge in [-0.1, -0.05) is 25.5 Å². The molecule has 0 aliphatic carbocycles. The Morgan fingerprint density at radius 1 is 1.39 bits per heavy atom. The second kappa shape index (κ2) is 8.71. The summed E-state index contributed by atoms with van der Waals surface area (Å²) < 4.78 is 29.5. The molecule has 0 spiro atoms. The molecule has 2 aromatic rings. The van der Waals surface area contributed by atoms with Crippen LogP contribution >= 0.6 is 15.9 Å². The number of hydrogen-bond donors (Lipinski definition) is 1. The highest BCUT2D eigenvalue weighted by molar-refractivity contribution is 9.10. The summed E-state index contributed by atoms with van der Waals surface area (Å²) in [7, 11) is -3.62. The molecule has 1 atom stereocenters. The number of rotatable bonds is 7. The summed E-state index contributed by atoms with van der Waals surface area (Å²) in [4.78, 5) is 12.6. The lowest BCUT2D eigenvalue weighted by Crippen LogP contribution is -2.29. The average Bonchev–Trinajstić information content (AvgIpc) is 3.26. The second-order valence-corrected chi connectivity index (χ2v) is 9.84. The number of aryl methyl sites for hydroxylation is 1. The van der Waals surface area contributed by atoms with Gasteiger partial charge in [0.2, 0.25) is 15.9 Å². The Bertz CT molecular complexity index is 960. The van der Waals surface area contributed by atoms with Crippen molar-refractivity contribution in [1.82, 2.24) is 19.3 Å². The van der Waals surface area contributed by atoms with E-state index in [0.29, 0.717) is 29.2 Å². The molecular weight excluding hydrogens is 446 g/mol. The van der Waals surface area contributed by atoms with Crippen molar-refractivity contribution in [1.29, 1.82) is 0 Å². The van der Waals surface area contributed by atoms with Crippen molar-refractivity contribution in [2.24, 2.45) is 5.92 Å². The number of carbonyl (C=O) groups is 1. The maximum Gasteiger partial charge on any atom is 0.246 e. The van der Waals surface area contributed by atoms with Crippen LogP contribution < -0.4 is 5.32 Å². The van der Waals surface area contributed by atoms with Gasteiger partial charge in [0, 0.05) is 23.2 Å². The van der Waals surface area contributed by atoms with Gasteiger partial charge in [0.1, 0.15) is 6.54 Å². The number of anilines is 1. The van der Waals surface area contributed by atoms with Crippen molar-refractivity contribution < 1.29 is 13.2 Å². The molecule has 0 unspecified atom stereocenters. The van der Waals surface area contributed by atoms with Crippen LogP contribution in [0, 0.1) is 5.92 Å². The zero-order chi connectivity index (χ0) is 20.3. The molecule has 1 saturated heterocycles. The first kappa shape index (κ1) is 20.9. The SMILES string of the molecule is CCCc1cnnn1CC(=O)Nc1ccc(Br)c(S(=O)(=O)N2CC[C@H](C)C2)c1. The van der Waals surface area contributed by atoms with Crippen LogP contribution in [0.15, 0.2) is 33.8 Å². The Hall–Kier alpha value is -1.78. The van der Waals surface area contributed by atoms with Crippen LogP contribution in [0.25, 0.3) is 0 Å². The van der Waals surface area contributed by atoms with Gasteiger partial charge in [-0.3, -0.25) is 4.79 Å². The van der Waals surface area contributed by atoms with Crippen molar-refractivity contribution in [3.8, 4) is 0 Å². The van der Waals surface area contributed by atoms with E-state index in [1.807, 2.05) is 13.8 Å². The summed E-state index contributed by atoms with van der Waals surface area (Å²) >= 11 is 3.33. The van der Waals surface area contributed by atoms with Gasteiger partial charge in [-0.2, -0.15) is 4.31 Å². The summed E-state index contributed by atoms with van der Waals surface area (Å²) in [5.41, 5.74) is 1.32. The third-order valence-electron chi connectivity index (χ3n) is 4.72. The van der Waals surface area contributed by atoms with Crippen molar-refractivity contribution in [3.63, 3.8) is 0 Å². The van der Waals surface area contributed by atoms with Gasteiger partial charge in [-0.25, -0.2) is 13.1 Å². The van der Waals surface area contributed by atoms with Gasteiger partial charge in [0.25, 0.3) is 0 Å². The van der Waals surface area contributed by atoms with Crippen LogP contribution in [-0.2, 0) is 27.8 Å². The Balaban J connectivity index is 1.76. The van der Waals surface area contributed by atoms with E-state index >= 15 is 0 Å². The van der Waals surface area contributed by atoms with E-state index < -0.39 is 10.0 Å². The number of nitrogens with zero attached hydrogens (tertiary/aromatic N) is 4.